The number of allylic oxidation sites excluding steroid dienone is 1. The van der Waals surface area contributed by atoms with E-state index in [-0.39, 0.29) is 18.4 Å². The standard InChI is InChI=1S/C17H26N2O4/c1-2-8-17(16(22)23)9-5-12-19(13-17)15(21)7-4-11-18-10-3-6-14(18)20/h2H,1,3-13H2,(H,22,23)/t17-/m0/s1. The number of carbonyl (C=O) groups is 3. The van der Waals surface area contributed by atoms with Crippen molar-refractivity contribution in [1.82, 2.24) is 9.80 Å². The largest absolute Gasteiger partial charge is 0.481 e. The zero-order chi connectivity index (χ0) is 16.9. The Morgan fingerprint density at radius 3 is 2.70 bits per heavy atom. The molecule has 0 aromatic rings. The number of likely N-dealkylation sites (tertiary alicyclic amines) is 2. The Balaban J connectivity index is 1.85. The molecule has 0 saturated carbocycles. The van der Waals surface area contributed by atoms with Gasteiger partial charge in [-0.3, -0.25) is 14.4 Å². The Morgan fingerprint density at radius 1 is 1.30 bits per heavy atom. The number of amides is 2. The van der Waals surface area contributed by atoms with Crippen LogP contribution in [-0.4, -0.2) is 58.9 Å². The molecule has 2 rings (SSSR count). The van der Waals surface area contributed by atoms with Crippen LogP contribution in [0.25, 0.3) is 0 Å². The van der Waals surface area contributed by atoms with Gasteiger partial charge in [0.15, 0.2) is 0 Å². The summed E-state index contributed by atoms with van der Waals surface area (Å²) in [6, 6.07) is 0. The van der Waals surface area contributed by atoms with E-state index in [0.29, 0.717) is 51.6 Å². The quantitative estimate of drug-likeness (QED) is 0.723. The molecule has 0 unspecified atom stereocenters. The molecular weight excluding hydrogens is 296 g/mol. The molecule has 2 heterocycles. The number of carbonyl (C=O) groups excluding carboxylic acids is 2. The van der Waals surface area contributed by atoms with E-state index in [4.69, 9.17) is 0 Å². The molecule has 1 atom stereocenters. The van der Waals surface area contributed by atoms with E-state index in [1.54, 1.807) is 11.0 Å². The van der Waals surface area contributed by atoms with Crippen LogP contribution in [0.15, 0.2) is 12.7 Å². The summed E-state index contributed by atoms with van der Waals surface area (Å²) in [5.41, 5.74) is -0.888. The van der Waals surface area contributed by atoms with Crippen molar-refractivity contribution in [1.29, 1.82) is 0 Å². The number of carboxylic acid groups (broad SMARTS) is 1. The number of carboxylic acids is 1. The van der Waals surface area contributed by atoms with Gasteiger partial charge in [-0.15, -0.1) is 6.58 Å². The van der Waals surface area contributed by atoms with Gasteiger partial charge in [0.1, 0.15) is 0 Å². The van der Waals surface area contributed by atoms with Gasteiger partial charge < -0.3 is 14.9 Å². The second-order valence-corrected chi connectivity index (χ2v) is 6.59. The third-order valence-electron chi connectivity index (χ3n) is 4.91. The van der Waals surface area contributed by atoms with Crippen molar-refractivity contribution < 1.29 is 19.5 Å². The smallest absolute Gasteiger partial charge is 0.311 e. The molecule has 6 nitrogen and oxygen atoms in total. The summed E-state index contributed by atoms with van der Waals surface area (Å²) in [5.74, 6) is -0.685. The highest BCUT2D eigenvalue weighted by Crippen LogP contribution is 2.34. The molecule has 0 aromatic heterocycles. The summed E-state index contributed by atoms with van der Waals surface area (Å²) >= 11 is 0. The molecule has 0 spiro atoms. The summed E-state index contributed by atoms with van der Waals surface area (Å²) in [6.45, 7) is 5.94. The fraction of sp³-hybridized carbons (Fsp3) is 0.706. The predicted octanol–water partition coefficient (Wildman–Crippen LogP) is 1.66. The van der Waals surface area contributed by atoms with E-state index >= 15 is 0 Å². The SMILES string of the molecule is C=CC[C@]1(C(=O)O)CCCN(C(=O)CCCN2CCCC2=O)C1. The average Bonchev–Trinajstić information content (AvgIpc) is 2.93. The van der Waals surface area contributed by atoms with Crippen molar-refractivity contribution in [2.75, 3.05) is 26.2 Å². The molecule has 2 amide bonds. The van der Waals surface area contributed by atoms with Crippen LogP contribution in [0.3, 0.4) is 0 Å². The molecule has 0 aromatic carbocycles. The highest BCUT2D eigenvalue weighted by molar-refractivity contribution is 5.80. The lowest BCUT2D eigenvalue weighted by atomic mass is 9.77. The van der Waals surface area contributed by atoms with Crippen LogP contribution < -0.4 is 0 Å². The van der Waals surface area contributed by atoms with Crippen LogP contribution in [0, 0.1) is 5.41 Å². The van der Waals surface area contributed by atoms with Gasteiger partial charge in [0, 0.05) is 39.0 Å². The van der Waals surface area contributed by atoms with Crippen LogP contribution >= 0.6 is 0 Å². The first-order valence-corrected chi connectivity index (χ1v) is 8.38. The molecule has 23 heavy (non-hydrogen) atoms. The van der Waals surface area contributed by atoms with Crippen LogP contribution in [0.5, 0.6) is 0 Å². The third kappa shape index (κ3) is 4.12. The number of piperidine rings is 1. The predicted molar refractivity (Wildman–Crippen MR) is 85.7 cm³/mol. The molecule has 2 aliphatic rings. The summed E-state index contributed by atoms with van der Waals surface area (Å²) in [7, 11) is 0. The van der Waals surface area contributed by atoms with Gasteiger partial charge in [-0.2, -0.15) is 0 Å². The van der Waals surface area contributed by atoms with Crippen LogP contribution in [0.4, 0.5) is 0 Å². The maximum Gasteiger partial charge on any atom is 0.311 e. The molecule has 2 fully saturated rings. The third-order valence-corrected chi connectivity index (χ3v) is 4.91. The molecule has 128 valence electrons. The normalized spacial score (nSPS) is 24.8. The lowest BCUT2D eigenvalue weighted by molar-refractivity contribution is -0.154. The number of aliphatic carboxylic acids is 1. The summed E-state index contributed by atoms with van der Waals surface area (Å²) in [5, 5.41) is 9.54. The Hall–Kier alpha value is -1.85. The van der Waals surface area contributed by atoms with Gasteiger partial charge >= 0.3 is 5.97 Å². The first kappa shape index (κ1) is 17.5. The molecule has 2 saturated heterocycles. The number of rotatable bonds is 7. The highest BCUT2D eigenvalue weighted by atomic mass is 16.4. The lowest BCUT2D eigenvalue weighted by Gasteiger charge is -2.39. The lowest BCUT2D eigenvalue weighted by Crippen LogP contribution is -2.49. The Kier molecular flexibility index (Phi) is 5.80. The highest BCUT2D eigenvalue weighted by Gasteiger charge is 2.42. The Morgan fingerprint density at radius 2 is 2.09 bits per heavy atom. The van der Waals surface area contributed by atoms with Crippen molar-refractivity contribution in [2.45, 2.75) is 44.9 Å². The second kappa shape index (κ2) is 7.62. The van der Waals surface area contributed by atoms with Gasteiger partial charge in [-0.25, -0.2) is 0 Å². The first-order valence-electron chi connectivity index (χ1n) is 8.38. The number of hydrogen-bond donors (Lipinski definition) is 1. The zero-order valence-electron chi connectivity index (χ0n) is 13.6. The minimum atomic E-state index is -0.888. The molecule has 0 aliphatic carbocycles. The number of nitrogens with zero attached hydrogens (tertiary/aromatic N) is 2. The van der Waals surface area contributed by atoms with Crippen molar-refractivity contribution in [2.24, 2.45) is 5.41 Å². The fourth-order valence-corrected chi connectivity index (χ4v) is 3.57. The van der Waals surface area contributed by atoms with E-state index in [9.17, 15) is 19.5 Å². The zero-order valence-corrected chi connectivity index (χ0v) is 13.6. The summed E-state index contributed by atoms with van der Waals surface area (Å²) < 4.78 is 0. The molecule has 0 radical (unpaired) electrons. The van der Waals surface area contributed by atoms with Gasteiger partial charge in [-0.05, 0) is 32.1 Å². The van der Waals surface area contributed by atoms with Crippen LogP contribution in [0.2, 0.25) is 0 Å². The maximum absolute atomic E-state index is 12.4. The molecule has 0 bridgehead atoms. The Labute approximate surface area is 137 Å². The fourth-order valence-electron chi connectivity index (χ4n) is 3.57. The maximum atomic E-state index is 12.4. The molecular formula is C17H26N2O4. The van der Waals surface area contributed by atoms with E-state index in [1.165, 1.54) is 0 Å². The van der Waals surface area contributed by atoms with Crippen molar-refractivity contribution in [3.8, 4) is 0 Å². The van der Waals surface area contributed by atoms with Crippen molar-refractivity contribution >= 4 is 17.8 Å². The first-order chi connectivity index (χ1) is 11.0. The molecule has 1 N–H and O–H groups in total. The Bertz CT molecular complexity index is 491. The summed E-state index contributed by atoms with van der Waals surface area (Å²) in [6.07, 6.45) is 5.83. The van der Waals surface area contributed by atoms with Gasteiger partial charge in [0.25, 0.3) is 0 Å². The number of hydrogen-bond acceptors (Lipinski definition) is 3. The van der Waals surface area contributed by atoms with Crippen molar-refractivity contribution in [3.05, 3.63) is 12.7 Å². The summed E-state index contributed by atoms with van der Waals surface area (Å²) in [4.78, 5) is 39.0. The molecule has 6 heteroatoms. The van der Waals surface area contributed by atoms with E-state index in [1.807, 2.05) is 4.90 Å². The van der Waals surface area contributed by atoms with E-state index in [0.717, 1.165) is 13.0 Å². The van der Waals surface area contributed by atoms with Crippen molar-refractivity contribution in [3.63, 3.8) is 0 Å². The molecule has 2 aliphatic heterocycles. The average molecular weight is 322 g/mol. The monoisotopic (exact) mass is 322 g/mol. The van der Waals surface area contributed by atoms with E-state index in [2.05, 4.69) is 6.58 Å². The van der Waals surface area contributed by atoms with E-state index < -0.39 is 11.4 Å². The topological polar surface area (TPSA) is 77.9 Å². The van der Waals surface area contributed by atoms with Crippen LogP contribution in [0.1, 0.15) is 44.9 Å². The van der Waals surface area contributed by atoms with Crippen LogP contribution in [-0.2, 0) is 14.4 Å². The van der Waals surface area contributed by atoms with Gasteiger partial charge in [0.05, 0.1) is 5.41 Å². The second-order valence-electron chi connectivity index (χ2n) is 6.59. The van der Waals surface area contributed by atoms with Gasteiger partial charge in [0.2, 0.25) is 11.8 Å². The minimum absolute atomic E-state index is 0.00830. The minimum Gasteiger partial charge on any atom is -0.481 e. The van der Waals surface area contributed by atoms with Gasteiger partial charge in [-0.1, -0.05) is 6.08 Å².